The molecule has 0 spiro atoms. The number of alkyl halides is 2. The monoisotopic (exact) mass is 148 g/mol. The van der Waals surface area contributed by atoms with E-state index in [2.05, 4.69) is 5.10 Å². The van der Waals surface area contributed by atoms with E-state index in [-0.39, 0.29) is 0 Å². The van der Waals surface area contributed by atoms with Crippen molar-refractivity contribution in [2.75, 3.05) is 13.1 Å². The van der Waals surface area contributed by atoms with Crippen LogP contribution in [-0.2, 0) is 0 Å². The Morgan fingerprint density at radius 1 is 1.80 bits per heavy atom. The number of hydrogen-bond acceptors (Lipinski definition) is 2. The molecule has 1 aliphatic heterocycles. The molecule has 0 radical (unpaired) electrons. The first-order valence-electron chi connectivity index (χ1n) is 3.31. The fourth-order valence-electron chi connectivity index (χ4n) is 0.873. The Morgan fingerprint density at radius 3 is 2.80 bits per heavy atom. The predicted molar refractivity (Wildman–Crippen MR) is 35.2 cm³/mol. The van der Waals surface area contributed by atoms with Gasteiger partial charge in [0.25, 0.3) is 0 Å². The van der Waals surface area contributed by atoms with Crippen molar-refractivity contribution in [2.45, 2.75) is 13.3 Å². The molecular formula is C6H10F2N2. The summed E-state index contributed by atoms with van der Waals surface area (Å²) in [5, 5.41) is 5.42. The quantitative estimate of drug-likeness (QED) is 0.574. The zero-order valence-corrected chi connectivity index (χ0v) is 5.80. The maximum Gasteiger partial charge on any atom is 0.248 e. The molecule has 0 fully saturated rings. The topological polar surface area (TPSA) is 15.6 Å². The van der Waals surface area contributed by atoms with Gasteiger partial charge in [-0.15, -0.1) is 0 Å². The Balaban J connectivity index is 2.37. The number of hydrogen-bond donors (Lipinski definition) is 0. The van der Waals surface area contributed by atoms with Gasteiger partial charge in [-0.25, -0.2) is 8.78 Å². The number of halogens is 2. The molecule has 0 aromatic heterocycles. The van der Waals surface area contributed by atoms with E-state index in [0.29, 0.717) is 13.1 Å². The molecule has 1 atom stereocenters. The zero-order valence-electron chi connectivity index (χ0n) is 5.80. The van der Waals surface area contributed by atoms with Crippen LogP contribution in [0.5, 0.6) is 0 Å². The molecule has 1 heterocycles. The molecule has 1 rings (SSSR count). The minimum atomic E-state index is -2.26. The van der Waals surface area contributed by atoms with Gasteiger partial charge in [0.2, 0.25) is 6.43 Å². The maximum absolute atomic E-state index is 11.9. The van der Waals surface area contributed by atoms with Crippen molar-refractivity contribution in [1.82, 2.24) is 5.01 Å². The molecule has 1 aliphatic rings. The molecule has 0 saturated heterocycles. The fourth-order valence-corrected chi connectivity index (χ4v) is 0.873. The summed E-state index contributed by atoms with van der Waals surface area (Å²) in [6, 6.07) is 0. The first kappa shape index (κ1) is 7.44. The first-order chi connectivity index (χ1) is 4.74. The number of rotatable bonds is 2. The molecular weight excluding hydrogens is 138 g/mol. The second-order valence-corrected chi connectivity index (χ2v) is 2.27. The first-order valence-corrected chi connectivity index (χ1v) is 3.31. The summed E-state index contributed by atoms with van der Waals surface area (Å²) in [4.78, 5) is 0. The highest BCUT2D eigenvalue weighted by molar-refractivity contribution is 5.63. The van der Waals surface area contributed by atoms with Gasteiger partial charge in [0.05, 0.1) is 5.92 Å². The predicted octanol–water partition coefficient (Wildman–Crippen LogP) is 1.19. The molecule has 1 unspecified atom stereocenters. The lowest BCUT2D eigenvalue weighted by Crippen LogP contribution is -2.22. The summed E-state index contributed by atoms with van der Waals surface area (Å²) in [5.74, 6) is -0.653. The molecule has 0 saturated carbocycles. The van der Waals surface area contributed by atoms with Gasteiger partial charge < -0.3 is 0 Å². The van der Waals surface area contributed by atoms with Crippen molar-refractivity contribution in [3.63, 3.8) is 0 Å². The third kappa shape index (κ3) is 1.43. The lowest BCUT2D eigenvalue weighted by atomic mass is 10.2. The lowest BCUT2D eigenvalue weighted by molar-refractivity contribution is 0.0998. The van der Waals surface area contributed by atoms with Crippen molar-refractivity contribution in [3.8, 4) is 0 Å². The molecule has 10 heavy (non-hydrogen) atoms. The second-order valence-electron chi connectivity index (χ2n) is 2.27. The van der Waals surface area contributed by atoms with Gasteiger partial charge in [-0.1, -0.05) is 0 Å². The summed E-state index contributed by atoms with van der Waals surface area (Å²) in [6.45, 7) is 2.97. The van der Waals surface area contributed by atoms with E-state index in [1.807, 2.05) is 6.92 Å². The highest BCUT2D eigenvalue weighted by Gasteiger charge is 2.24. The molecule has 0 aromatic carbocycles. The normalized spacial score (nSPS) is 24.8. The van der Waals surface area contributed by atoms with Gasteiger partial charge in [-0.2, -0.15) is 5.10 Å². The minimum Gasteiger partial charge on any atom is -0.297 e. The van der Waals surface area contributed by atoms with Gasteiger partial charge in [0, 0.05) is 19.3 Å². The molecule has 0 aromatic rings. The fraction of sp³-hybridized carbons (Fsp3) is 0.833. The Kier molecular flexibility index (Phi) is 2.19. The summed E-state index contributed by atoms with van der Waals surface area (Å²) in [5.41, 5.74) is 0. The second kappa shape index (κ2) is 2.94. The molecule has 0 bridgehead atoms. The molecule has 2 nitrogen and oxygen atoms in total. The van der Waals surface area contributed by atoms with E-state index in [0.717, 1.165) is 0 Å². The highest BCUT2D eigenvalue weighted by atomic mass is 19.3. The molecule has 0 aliphatic carbocycles. The molecule has 58 valence electrons. The standard InChI is InChI=1S/C6H10F2N2/c1-2-10-4-5(3-9-10)6(7)8/h3,5-6H,2,4H2,1H3. The third-order valence-corrected chi connectivity index (χ3v) is 1.53. The van der Waals surface area contributed by atoms with Crippen LogP contribution in [0.4, 0.5) is 8.78 Å². The van der Waals surface area contributed by atoms with Gasteiger partial charge in [0.15, 0.2) is 0 Å². The Bertz CT molecular complexity index is 136. The number of hydrazone groups is 1. The highest BCUT2D eigenvalue weighted by Crippen LogP contribution is 2.14. The summed E-state index contributed by atoms with van der Waals surface area (Å²) < 4.78 is 23.9. The Hall–Kier alpha value is -0.670. The van der Waals surface area contributed by atoms with E-state index in [1.54, 1.807) is 5.01 Å². The average Bonchev–Trinajstić information content (AvgIpc) is 2.34. The maximum atomic E-state index is 11.9. The van der Waals surface area contributed by atoms with E-state index < -0.39 is 12.3 Å². The van der Waals surface area contributed by atoms with Crippen LogP contribution in [0, 0.1) is 5.92 Å². The average molecular weight is 148 g/mol. The van der Waals surface area contributed by atoms with E-state index in [4.69, 9.17) is 0 Å². The Labute approximate surface area is 58.5 Å². The summed E-state index contributed by atoms with van der Waals surface area (Å²) >= 11 is 0. The summed E-state index contributed by atoms with van der Waals surface area (Å²) in [6.07, 6.45) is -0.936. The smallest absolute Gasteiger partial charge is 0.248 e. The van der Waals surface area contributed by atoms with Gasteiger partial charge in [0.1, 0.15) is 0 Å². The van der Waals surface area contributed by atoms with Crippen LogP contribution in [-0.4, -0.2) is 30.7 Å². The summed E-state index contributed by atoms with van der Waals surface area (Å²) in [7, 11) is 0. The third-order valence-electron chi connectivity index (χ3n) is 1.53. The minimum absolute atomic E-state index is 0.369. The van der Waals surface area contributed by atoms with Crippen LogP contribution in [0.3, 0.4) is 0 Å². The van der Waals surface area contributed by atoms with E-state index >= 15 is 0 Å². The van der Waals surface area contributed by atoms with Crippen LogP contribution in [0.2, 0.25) is 0 Å². The van der Waals surface area contributed by atoms with Crippen molar-refractivity contribution >= 4 is 6.21 Å². The van der Waals surface area contributed by atoms with Gasteiger partial charge in [-0.3, -0.25) is 5.01 Å². The van der Waals surface area contributed by atoms with Crippen molar-refractivity contribution in [1.29, 1.82) is 0 Å². The van der Waals surface area contributed by atoms with Crippen LogP contribution in [0.25, 0.3) is 0 Å². The number of nitrogens with zero attached hydrogens (tertiary/aromatic N) is 2. The largest absolute Gasteiger partial charge is 0.297 e. The molecule has 4 heteroatoms. The van der Waals surface area contributed by atoms with Crippen molar-refractivity contribution in [3.05, 3.63) is 0 Å². The SMILES string of the molecule is CCN1CC(C(F)F)C=N1. The molecule has 0 N–H and O–H groups in total. The molecule has 0 amide bonds. The van der Waals surface area contributed by atoms with Crippen LogP contribution in [0.1, 0.15) is 6.92 Å². The van der Waals surface area contributed by atoms with Crippen molar-refractivity contribution < 1.29 is 8.78 Å². The van der Waals surface area contributed by atoms with Crippen LogP contribution < -0.4 is 0 Å². The van der Waals surface area contributed by atoms with E-state index in [1.165, 1.54) is 6.21 Å². The van der Waals surface area contributed by atoms with E-state index in [9.17, 15) is 8.78 Å². The van der Waals surface area contributed by atoms with Crippen LogP contribution >= 0.6 is 0 Å². The van der Waals surface area contributed by atoms with Gasteiger partial charge in [-0.05, 0) is 6.92 Å². The zero-order chi connectivity index (χ0) is 7.56. The van der Waals surface area contributed by atoms with Crippen LogP contribution in [0.15, 0.2) is 5.10 Å². The lowest BCUT2D eigenvalue weighted by Gasteiger charge is -2.11. The Morgan fingerprint density at radius 2 is 2.50 bits per heavy atom. The van der Waals surface area contributed by atoms with Crippen molar-refractivity contribution in [2.24, 2.45) is 11.0 Å². The van der Waals surface area contributed by atoms with Gasteiger partial charge >= 0.3 is 0 Å².